The molecule has 0 saturated heterocycles. The van der Waals surface area contributed by atoms with Gasteiger partial charge in [-0.25, -0.2) is 0 Å². The Balaban J connectivity index is 2.50. The van der Waals surface area contributed by atoms with Crippen molar-refractivity contribution >= 4 is 6.98 Å². The van der Waals surface area contributed by atoms with Gasteiger partial charge < -0.3 is 22.3 Å². The van der Waals surface area contributed by atoms with Crippen molar-refractivity contribution < 1.29 is 17.4 Å². The number of rotatable bonds is 4. The molecule has 0 unspecified atom stereocenters. The third-order valence-corrected chi connectivity index (χ3v) is 1.93. The van der Waals surface area contributed by atoms with E-state index >= 15 is 0 Å². The minimum absolute atomic E-state index is 0.267. The van der Waals surface area contributed by atoms with Crippen LogP contribution >= 0.6 is 0 Å². The average molecular weight is 206 g/mol. The van der Waals surface area contributed by atoms with E-state index in [2.05, 4.69) is 0 Å². The van der Waals surface area contributed by atoms with E-state index in [9.17, 15) is 12.9 Å². The van der Waals surface area contributed by atoms with Crippen molar-refractivity contribution in [3.63, 3.8) is 0 Å². The molecule has 1 aromatic rings. The fourth-order valence-electron chi connectivity index (χ4n) is 1.28. The summed E-state index contributed by atoms with van der Waals surface area (Å²) in [4.78, 5) is 1.23. The first-order chi connectivity index (χ1) is 6.38. The molecule has 0 radical (unpaired) electrons. The van der Waals surface area contributed by atoms with Crippen LogP contribution in [-0.2, 0) is 6.54 Å². The molecule has 1 rings (SSSR count). The summed E-state index contributed by atoms with van der Waals surface area (Å²) >= 11 is 0. The van der Waals surface area contributed by atoms with Gasteiger partial charge in [0.05, 0.1) is 6.26 Å². The minimum atomic E-state index is -4.74. The van der Waals surface area contributed by atoms with Crippen LogP contribution in [0.4, 0.5) is 12.9 Å². The van der Waals surface area contributed by atoms with E-state index < -0.39 is 13.4 Å². The van der Waals surface area contributed by atoms with Crippen molar-refractivity contribution in [1.29, 1.82) is 0 Å². The van der Waals surface area contributed by atoms with E-state index in [-0.39, 0.29) is 6.54 Å². The summed E-state index contributed by atoms with van der Waals surface area (Å²) < 4.78 is 41.1. The van der Waals surface area contributed by atoms with Crippen LogP contribution in [0.5, 0.6) is 0 Å². The second-order valence-corrected chi connectivity index (χ2v) is 3.41. The molecule has 80 valence electrons. The lowest BCUT2D eigenvalue weighted by Gasteiger charge is -2.23. The van der Waals surface area contributed by atoms with Gasteiger partial charge in [-0.05, 0) is 26.5 Å². The maximum absolute atomic E-state index is 12.0. The molecular formula is C8H12BF3NO-. The predicted molar refractivity (Wildman–Crippen MR) is 48.9 cm³/mol. The first kappa shape index (κ1) is 11.2. The SMILES string of the molecule is Cc1occc1CN(C)C[B-](F)(F)F. The second-order valence-electron chi connectivity index (χ2n) is 3.41. The predicted octanol–water partition coefficient (Wildman–Crippen LogP) is 2.41. The smallest absolute Gasteiger partial charge is 0.469 e. The van der Waals surface area contributed by atoms with Gasteiger partial charge >= 0.3 is 6.98 Å². The number of furan rings is 1. The zero-order valence-electron chi connectivity index (χ0n) is 8.14. The molecular weight excluding hydrogens is 194 g/mol. The summed E-state index contributed by atoms with van der Waals surface area (Å²) in [5.74, 6) is 0.673. The Hall–Kier alpha value is -0.905. The molecule has 0 atom stereocenters. The molecule has 1 aromatic heterocycles. The van der Waals surface area contributed by atoms with Crippen molar-refractivity contribution in [2.75, 3.05) is 13.5 Å². The molecule has 0 N–H and O–H groups in total. The number of nitrogens with zero attached hydrogens (tertiary/aromatic N) is 1. The lowest BCUT2D eigenvalue weighted by Crippen LogP contribution is -2.35. The highest BCUT2D eigenvalue weighted by molar-refractivity contribution is 6.58. The third kappa shape index (κ3) is 3.45. The van der Waals surface area contributed by atoms with E-state index in [0.717, 1.165) is 5.56 Å². The normalized spacial score (nSPS) is 12.4. The molecule has 0 aromatic carbocycles. The fraction of sp³-hybridized carbons (Fsp3) is 0.500. The van der Waals surface area contributed by atoms with Crippen molar-refractivity contribution in [2.45, 2.75) is 13.5 Å². The second kappa shape index (κ2) is 4.08. The summed E-state index contributed by atoms with van der Waals surface area (Å²) in [6.07, 6.45) is 0.641. The lowest BCUT2D eigenvalue weighted by molar-refractivity contribution is 0.320. The summed E-state index contributed by atoms with van der Waals surface area (Å²) in [7, 11) is 1.45. The maximum atomic E-state index is 12.0. The number of aryl methyl sites for hydroxylation is 1. The van der Waals surface area contributed by atoms with Crippen LogP contribution in [0.1, 0.15) is 11.3 Å². The zero-order chi connectivity index (χ0) is 10.8. The molecule has 14 heavy (non-hydrogen) atoms. The van der Waals surface area contributed by atoms with E-state index in [1.54, 1.807) is 13.0 Å². The summed E-state index contributed by atoms with van der Waals surface area (Å²) in [6, 6.07) is 1.69. The van der Waals surface area contributed by atoms with Crippen LogP contribution < -0.4 is 0 Å². The van der Waals surface area contributed by atoms with Gasteiger partial charge in [0.15, 0.2) is 0 Å². The molecule has 0 spiro atoms. The van der Waals surface area contributed by atoms with Gasteiger partial charge in [0.2, 0.25) is 0 Å². The zero-order valence-corrected chi connectivity index (χ0v) is 8.14. The van der Waals surface area contributed by atoms with Gasteiger partial charge in [-0.3, -0.25) is 0 Å². The highest BCUT2D eigenvalue weighted by Gasteiger charge is 2.25. The first-order valence-corrected chi connectivity index (χ1v) is 4.31. The van der Waals surface area contributed by atoms with Crippen LogP contribution in [0.2, 0.25) is 0 Å². The highest BCUT2D eigenvalue weighted by Crippen LogP contribution is 2.14. The average Bonchev–Trinajstić information content (AvgIpc) is 2.32. The van der Waals surface area contributed by atoms with Crippen molar-refractivity contribution in [3.05, 3.63) is 23.7 Å². The van der Waals surface area contributed by atoms with Crippen LogP contribution in [0.3, 0.4) is 0 Å². The molecule has 0 aliphatic carbocycles. The third-order valence-electron chi connectivity index (χ3n) is 1.93. The number of hydrogen-bond acceptors (Lipinski definition) is 2. The molecule has 6 heteroatoms. The Labute approximate surface area is 80.7 Å². The topological polar surface area (TPSA) is 16.4 Å². The van der Waals surface area contributed by atoms with Gasteiger partial charge in [0.1, 0.15) is 5.76 Å². The molecule has 0 bridgehead atoms. The summed E-state index contributed by atoms with van der Waals surface area (Å²) in [5.41, 5.74) is 0.799. The van der Waals surface area contributed by atoms with Crippen LogP contribution in [0.25, 0.3) is 0 Å². The number of hydrogen-bond donors (Lipinski definition) is 0. The quantitative estimate of drug-likeness (QED) is 0.703. The van der Waals surface area contributed by atoms with Gasteiger partial charge in [-0.1, -0.05) is 0 Å². The van der Waals surface area contributed by atoms with Gasteiger partial charge in [0, 0.05) is 12.1 Å². The Kier molecular flexibility index (Phi) is 3.26. The van der Waals surface area contributed by atoms with Crippen LogP contribution in [-0.4, -0.2) is 25.4 Å². The molecule has 0 aliphatic rings. The van der Waals surface area contributed by atoms with E-state index in [1.165, 1.54) is 18.2 Å². The lowest BCUT2D eigenvalue weighted by atomic mass is 9.91. The van der Waals surface area contributed by atoms with E-state index in [4.69, 9.17) is 4.42 Å². The van der Waals surface area contributed by atoms with Gasteiger partial charge in [-0.2, -0.15) is 0 Å². The van der Waals surface area contributed by atoms with Gasteiger partial charge in [-0.15, -0.1) is 0 Å². The van der Waals surface area contributed by atoms with Crippen LogP contribution in [0.15, 0.2) is 16.7 Å². The Morgan fingerprint density at radius 2 is 2.07 bits per heavy atom. The minimum Gasteiger partial charge on any atom is -0.469 e. The van der Waals surface area contributed by atoms with Crippen molar-refractivity contribution in [2.24, 2.45) is 0 Å². The van der Waals surface area contributed by atoms with Crippen molar-refractivity contribution in [1.82, 2.24) is 4.90 Å². The molecule has 0 amide bonds. The Morgan fingerprint density at radius 3 is 2.50 bits per heavy atom. The standard InChI is InChI=1S/C8H12BF3NO/c1-7-8(3-4-14-7)5-13(2)6-9(10,11)12/h3-4H,5-6H2,1-2H3/q-1. The highest BCUT2D eigenvalue weighted by atomic mass is 19.4. The maximum Gasteiger partial charge on any atom is 0.492 e. The summed E-state index contributed by atoms with van der Waals surface area (Å²) in [5, 5.41) is 0. The molecule has 2 nitrogen and oxygen atoms in total. The van der Waals surface area contributed by atoms with E-state index in [1.807, 2.05) is 0 Å². The Bertz CT molecular complexity index is 297. The first-order valence-electron chi connectivity index (χ1n) is 4.31. The molecule has 0 fully saturated rings. The van der Waals surface area contributed by atoms with Crippen molar-refractivity contribution in [3.8, 4) is 0 Å². The molecule has 1 heterocycles. The monoisotopic (exact) mass is 206 g/mol. The van der Waals surface area contributed by atoms with Gasteiger partial charge in [0.25, 0.3) is 0 Å². The fourth-order valence-corrected chi connectivity index (χ4v) is 1.28. The largest absolute Gasteiger partial charge is 0.492 e. The number of halogens is 3. The molecule has 0 saturated carbocycles. The van der Waals surface area contributed by atoms with Crippen LogP contribution in [0, 0.1) is 6.92 Å². The van der Waals surface area contributed by atoms with E-state index in [0.29, 0.717) is 5.76 Å². The Morgan fingerprint density at radius 1 is 1.43 bits per heavy atom. The summed E-state index contributed by atoms with van der Waals surface area (Å²) in [6.45, 7) is -2.74. The molecule has 0 aliphatic heterocycles.